The first-order chi connectivity index (χ1) is 15.0. The fourth-order valence-corrected chi connectivity index (χ4v) is 4.61. The first-order valence-electron chi connectivity index (χ1n) is 10.5. The Morgan fingerprint density at radius 1 is 1.35 bits per heavy atom. The number of hydrogen-bond donors (Lipinski definition) is 2. The zero-order chi connectivity index (χ0) is 21.6. The standard InChI is InChI=1S/C23H24N6O2/c1-15(9-24)18-10-25-22-27-19(13-29(22)12-18)21(31)28-7-6-23(20(30)14-28)8-16-4-2-3-5-17(16)11-26-23/h2-5,10,12-13,15,20,26,30H,6-8,11,14H2,1H3/t15?,20-,23+/m1/s1. The van der Waals surface area contributed by atoms with Gasteiger partial charge in [0.1, 0.15) is 5.69 Å². The highest BCUT2D eigenvalue weighted by molar-refractivity contribution is 5.93. The molecule has 3 atom stereocenters. The lowest BCUT2D eigenvalue weighted by molar-refractivity contribution is -0.0140. The van der Waals surface area contributed by atoms with Crippen LogP contribution in [0.15, 0.2) is 42.9 Å². The van der Waals surface area contributed by atoms with Crippen molar-refractivity contribution < 1.29 is 9.90 Å². The number of carbonyl (C=O) groups excluding carboxylic acids is 1. The largest absolute Gasteiger partial charge is 0.389 e. The first kappa shape index (κ1) is 19.7. The van der Waals surface area contributed by atoms with Crippen LogP contribution in [0.1, 0.15) is 46.4 Å². The SMILES string of the molecule is CC(C#N)c1cnc2nc(C(=O)N3CC[C@]4(Cc5ccccc5CN4)[C@H](O)C3)cn2c1. The number of nitrogens with zero attached hydrogens (tertiary/aromatic N) is 5. The Balaban J connectivity index is 1.33. The number of fused-ring (bicyclic) bond motifs is 2. The van der Waals surface area contributed by atoms with Gasteiger partial charge in [0.25, 0.3) is 5.91 Å². The minimum absolute atomic E-state index is 0.217. The van der Waals surface area contributed by atoms with E-state index in [1.807, 2.05) is 12.1 Å². The quantitative estimate of drug-likeness (QED) is 0.658. The number of piperidine rings is 1. The monoisotopic (exact) mass is 416 g/mol. The summed E-state index contributed by atoms with van der Waals surface area (Å²) in [6.45, 7) is 3.33. The van der Waals surface area contributed by atoms with Gasteiger partial charge in [0, 0.05) is 43.8 Å². The summed E-state index contributed by atoms with van der Waals surface area (Å²) < 4.78 is 1.68. The molecule has 1 saturated heterocycles. The number of rotatable bonds is 2. The molecule has 1 amide bonds. The summed E-state index contributed by atoms with van der Waals surface area (Å²) in [5.74, 6) is -0.0951. The van der Waals surface area contributed by atoms with Crippen molar-refractivity contribution in [2.75, 3.05) is 13.1 Å². The molecule has 5 rings (SSSR count). The molecule has 1 unspecified atom stereocenters. The number of aromatic nitrogens is 3. The summed E-state index contributed by atoms with van der Waals surface area (Å²) in [6.07, 6.45) is 5.80. The van der Waals surface area contributed by atoms with Gasteiger partial charge in [0.05, 0.1) is 23.6 Å². The minimum Gasteiger partial charge on any atom is -0.389 e. The third-order valence-electron chi connectivity index (χ3n) is 6.64. The van der Waals surface area contributed by atoms with E-state index in [9.17, 15) is 9.90 Å². The average Bonchev–Trinajstić information content (AvgIpc) is 3.23. The van der Waals surface area contributed by atoms with Gasteiger partial charge in [-0.25, -0.2) is 9.97 Å². The summed E-state index contributed by atoms with van der Waals surface area (Å²) in [7, 11) is 0. The van der Waals surface area contributed by atoms with Gasteiger partial charge in [-0.05, 0) is 30.9 Å². The molecule has 31 heavy (non-hydrogen) atoms. The van der Waals surface area contributed by atoms with Crippen molar-refractivity contribution in [3.8, 4) is 6.07 Å². The molecule has 4 heterocycles. The van der Waals surface area contributed by atoms with E-state index in [1.165, 1.54) is 11.1 Å². The maximum absolute atomic E-state index is 13.1. The van der Waals surface area contributed by atoms with Crippen LogP contribution in [-0.2, 0) is 13.0 Å². The predicted octanol–water partition coefficient (Wildman–Crippen LogP) is 1.65. The fraction of sp³-hybridized carbons (Fsp3) is 0.391. The van der Waals surface area contributed by atoms with Crippen molar-refractivity contribution in [2.45, 2.75) is 43.9 Å². The Morgan fingerprint density at radius 2 is 2.16 bits per heavy atom. The number of nitriles is 1. The van der Waals surface area contributed by atoms with Crippen LogP contribution >= 0.6 is 0 Å². The van der Waals surface area contributed by atoms with Crippen LogP contribution in [0.2, 0.25) is 0 Å². The van der Waals surface area contributed by atoms with Gasteiger partial charge in [-0.1, -0.05) is 24.3 Å². The molecule has 8 heteroatoms. The molecule has 1 aromatic carbocycles. The highest BCUT2D eigenvalue weighted by Gasteiger charge is 2.45. The number of imidazole rings is 1. The number of hydrogen-bond acceptors (Lipinski definition) is 6. The van der Waals surface area contributed by atoms with Gasteiger partial charge in [-0.3, -0.25) is 9.20 Å². The minimum atomic E-state index is -0.670. The molecular formula is C23H24N6O2. The average molecular weight is 416 g/mol. The second-order valence-corrected chi connectivity index (χ2v) is 8.54. The van der Waals surface area contributed by atoms with E-state index in [0.29, 0.717) is 24.4 Å². The van der Waals surface area contributed by atoms with Crippen molar-refractivity contribution in [1.82, 2.24) is 24.6 Å². The van der Waals surface area contributed by atoms with E-state index in [1.54, 1.807) is 34.8 Å². The van der Waals surface area contributed by atoms with Crippen LogP contribution in [0.3, 0.4) is 0 Å². The van der Waals surface area contributed by atoms with Crippen LogP contribution in [0.25, 0.3) is 5.78 Å². The topological polar surface area (TPSA) is 107 Å². The lowest BCUT2D eigenvalue weighted by atomic mass is 9.76. The molecule has 2 aliphatic heterocycles. The van der Waals surface area contributed by atoms with E-state index >= 15 is 0 Å². The van der Waals surface area contributed by atoms with Crippen LogP contribution in [0.4, 0.5) is 0 Å². The van der Waals surface area contributed by atoms with Gasteiger partial charge < -0.3 is 15.3 Å². The zero-order valence-electron chi connectivity index (χ0n) is 17.3. The third kappa shape index (κ3) is 3.36. The van der Waals surface area contributed by atoms with Crippen molar-refractivity contribution >= 4 is 11.7 Å². The number of nitrogens with one attached hydrogen (secondary N) is 1. The van der Waals surface area contributed by atoms with Crippen molar-refractivity contribution in [3.63, 3.8) is 0 Å². The number of aliphatic hydroxyl groups excluding tert-OH is 1. The number of carbonyl (C=O) groups is 1. The van der Waals surface area contributed by atoms with Gasteiger partial charge >= 0.3 is 0 Å². The normalized spacial score (nSPS) is 24.0. The Labute approximate surface area is 180 Å². The molecule has 1 spiro atoms. The second-order valence-electron chi connectivity index (χ2n) is 8.54. The summed E-state index contributed by atoms with van der Waals surface area (Å²) in [6, 6.07) is 10.5. The van der Waals surface area contributed by atoms with E-state index < -0.39 is 11.6 Å². The van der Waals surface area contributed by atoms with Crippen molar-refractivity contribution in [1.29, 1.82) is 5.26 Å². The summed E-state index contributed by atoms with van der Waals surface area (Å²) in [4.78, 5) is 23.4. The maximum Gasteiger partial charge on any atom is 0.274 e. The molecule has 3 aromatic rings. The Kier molecular flexibility index (Phi) is 4.73. The molecule has 2 N–H and O–H groups in total. The molecule has 0 radical (unpaired) electrons. The smallest absolute Gasteiger partial charge is 0.274 e. The zero-order valence-corrected chi connectivity index (χ0v) is 17.3. The molecule has 1 fully saturated rings. The number of amides is 1. The highest BCUT2D eigenvalue weighted by Crippen LogP contribution is 2.32. The molecule has 2 aliphatic rings. The molecule has 0 saturated carbocycles. The van der Waals surface area contributed by atoms with Gasteiger partial charge in [0.2, 0.25) is 5.78 Å². The van der Waals surface area contributed by atoms with E-state index in [4.69, 9.17) is 5.26 Å². The van der Waals surface area contributed by atoms with Crippen LogP contribution < -0.4 is 5.32 Å². The summed E-state index contributed by atoms with van der Waals surface area (Å²) >= 11 is 0. The fourth-order valence-electron chi connectivity index (χ4n) is 4.61. The Bertz CT molecular complexity index is 1200. The Morgan fingerprint density at radius 3 is 2.94 bits per heavy atom. The molecule has 2 aromatic heterocycles. The summed E-state index contributed by atoms with van der Waals surface area (Å²) in [5.41, 5.74) is 3.17. The maximum atomic E-state index is 13.1. The van der Waals surface area contributed by atoms with Gasteiger partial charge in [-0.2, -0.15) is 5.26 Å². The lowest BCUT2D eigenvalue weighted by Gasteiger charge is -2.48. The first-order valence-corrected chi connectivity index (χ1v) is 10.5. The van der Waals surface area contributed by atoms with Crippen LogP contribution in [0, 0.1) is 11.3 Å². The molecule has 158 valence electrons. The van der Waals surface area contributed by atoms with Gasteiger partial charge in [0.15, 0.2) is 0 Å². The summed E-state index contributed by atoms with van der Waals surface area (Å²) in [5, 5.41) is 23.7. The Hall–Kier alpha value is -3.28. The number of likely N-dealkylation sites (tertiary alicyclic amines) is 1. The number of β-amino-alcohol motifs (C(OH)–C–C–N with tert-alkyl or cyclic N) is 1. The van der Waals surface area contributed by atoms with E-state index in [-0.39, 0.29) is 18.4 Å². The van der Waals surface area contributed by atoms with Crippen molar-refractivity contribution in [2.24, 2.45) is 0 Å². The molecule has 8 nitrogen and oxygen atoms in total. The third-order valence-corrected chi connectivity index (χ3v) is 6.64. The second kappa shape index (κ2) is 7.45. The molecule has 0 aliphatic carbocycles. The highest BCUT2D eigenvalue weighted by atomic mass is 16.3. The van der Waals surface area contributed by atoms with E-state index in [0.717, 1.165) is 18.5 Å². The number of aliphatic hydroxyl groups is 1. The van der Waals surface area contributed by atoms with Crippen LogP contribution in [-0.4, -0.2) is 55.0 Å². The molecular weight excluding hydrogens is 392 g/mol. The van der Waals surface area contributed by atoms with Crippen LogP contribution in [0.5, 0.6) is 0 Å². The lowest BCUT2D eigenvalue weighted by Crippen LogP contribution is -2.65. The molecule has 0 bridgehead atoms. The van der Waals surface area contributed by atoms with E-state index in [2.05, 4.69) is 33.5 Å². The van der Waals surface area contributed by atoms with Gasteiger partial charge in [-0.15, -0.1) is 0 Å². The number of benzene rings is 1. The van der Waals surface area contributed by atoms with Crippen molar-refractivity contribution in [3.05, 3.63) is 65.2 Å². The predicted molar refractivity (Wildman–Crippen MR) is 113 cm³/mol.